The molecule has 0 saturated carbocycles. The number of halogens is 50. The molecule has 0 aromatic heterocycles. The van der Waals surface area contributed by atoms with E-state index in [0.29, 0.717) is 0 Å². The van der Waals surface area contributed by atoms with Crippen molar-refractivity contribution in [3.8, 4) is 0 Å². The van der Waals surface area contributed by atoms with Crippen molar-refractivity contribution < 1.29 is 258 Å². The average molecular weight is 1550 g/mol. The van der Waals surface area contributed by atoms with E-state index in [1.165, 1.54) is 0 Å². The Labute approximate surface area is 489 Å². The summed E-state index contributed by atoms with van der Waals surface area (Å²) >= 11 is 0. The molecule has 0 bridgehead atoms. The number of hydrogen-bond acceptors (Lipinski definition) is 8. The molecule has 568 valence electrons. The summed E-state index contributed by atoms with van der Waals surface area (Å²) < 4.78 is 706. The van der Waals surface area contributed by atoms with Crippen LogP contribution in [0.3, 0.4) is 0 Å². The molecule has 0 rings (SSSR count). The predicted octanol–water partition coefficient (Wildman–Crippen LogP) is 16.4. The van der Waals surface area contributed by atoms with Gasteiger partial charge in [0, 0.05) is 26.0 Å². The molecule has 58 heteroatoms. The molecule has 0 amide bonds. The minimum absolute atomic E-state index is 0.178. The Morgan fingerprint density at radius 2 is 0.375 bits per heavy atom. The van der Waals surface area contributed by atoms with Crippen LogP contribution in [0.25, 0.3) is 0 Å². The van der Waals surface area contributed by atoms with E-state index < -0.39 is 217 Å². The molecule has 0 aliphatic heterocycles. The molecule has 0 aliphatic carbocycles. The van der Waals surface area contributed by atoms with E-state index in [0.717, 1.165) is 0 Å². The molecule has 0 heterocycles. The fourth-order valence-corrected chi connectivity index (χ4v) is 6.12. The topological polar surface area (TPSA) is 105 Å². The zero-order valence-corrected chi connectivity index (χ0v) is 43.3. The highest BCUT2D eigenvalue weighted by Crippen LogP contribution is 2.71. The van der Waals surface area contributed by atoms with Gasteiger partial charge in [-0.3, -0.25) is 9.59 Å². The number of esters is 4. The van der Waals surface area contributed by atoms with E-state index in [1.807, 2.05) is 0 Å². The van der Waals surface area contributed by atoms with Crippen molar-refractivity contribution in [3.05, 3.63) is 12.2 Å². The number of carbonyl (C=O) groups is 4. The van der Waals surface area contributed by atoms with Crippen molar-refractivity contribution in [1.29, 1.82) is 0 Å². The van der Waals surface area contributed by atoms with Gasteiger partial charge in [0.1, 0.15) is 25.4 Å². The molecular weight excluding hydrogens is 1530 g/mol. The molecule has 2 atom stereocenters. The normalized spacial score (nSPS) is 16.8. The van der Waals surface area contributed by atoms with E-state index in [-0.39, 0.29) is 13.8 Å². The van der Waals surface area contributed by atoms with Crippen LogP contribution in [0.15, 0.2) is 12.2 Å². The third kappa shape index (κ3) is 13.2. The van der Waals surface area contributed by atoms with E-state index in [9.17, 15) is 239 Å². The Hall–Kier alpha value is -5.88. The quantitative estimate of drug-likeness (QED) is 0.0284. The molecule has 0 aliphatic rings. The molecule has 0 aromatic carbocycles. The Morgan fingerprint density at radius 1 is 0.240 bits per heavy atom. The van der Waals surface area contributed by atoms with Gasteiger partial charge in [0.2, 0.25) is 0 Å². The van der Waals surface area contributed by atoms with E-state index in [4.69, 9.17) is 0 Å². The van der Waals surface area contributed by atoms with Crippen molar-refractivity contribution in [2.45, 2.75) is 182 Å². The van der Waals surface area contributed by atoms with Crippen molar-refractivity contribution in [3.63, 3.8) is 0 Å². The molecule has 0 aromatic rings. The van der Waals surface area contributed by atoms with Crippen LogP contribution in [0.1, 0.15) is 26.7 Å². The molecule has 2 unspecified atom stereocenters. The van der Waals surface area contributed by atoms with Gasteiger partial charge in [-0.15, -0.1) is 0 Å². The first kappa shape index (κ1) is 90.1. The summed E-state index contributed by atoms with van der Waals surface area (Å²) in [5, 5.41) is 0. The Kier molecular flexibility index (Phi) is 23.5. The number of alkyl halides is 50. The Bertz CT molecular complexity index is 2640. The van der Waals surface area contributed by atoms with Gasteiger partial charge in [-0.2, -0.15) is 220 Å². The first-order valence-corrected chi connectivity index (χ1v) is 21.9. The van der Waals surface area contributed by atoms with Crippen molar-refractivity contribution in [1.82, 2.24) is 0 Å². The maximum Gasteiger partial charge on any atom is 0.460 e. The fourth-order valence-electron chi connectivity index (χ4n) is 6.12. The van der Waals surface area contributed by atoms with Crippen LogP contribution in [0.2, 0.25) is 0 Å². The standard InChI is InChI=1S/C38H18F50O8/c1-9(89)95-11(5-15(39,40)17(43,44)19(47,48)21(51,52)23(55,56)25(59,60)27(63,64)29(67,68)31(71,72)33(75,76)35(79,80)37(83,84)85)7-93-13(91)3-4-14(92)94-8-12(96-10(2)90)6-16(41,42)18(45,46)20(49,50)22(53,54)24(57,58)26(61,62)28(65,66)30(69,70)32(73,74)34(77,78)36(81,82)38(86,87)88/h3-4,11-12H,5-8H2,1-2H3/b4-3-. The van der Waals surface area contributed by atoms with Gasteiger partial charge in [0.25, 0.3) is 0 Å². The molecule has 0 radical (unpaired) electrons. The average Bonchev–Trinajstić information content (AvgIpc) is 0.692. The molecule has 0 saturated heterocycles. The highest BCUT2D eigenvalue weighted by atomic mass is 19.5. The second-order valence-corrected chi connectivity index (χ2v) is 18.4. The lowest BCUT2D eigenvalue weighted by Gasteiger charge is -2.45. The summed E-state index contributed by atoms with van der Waals surface area (Å²) in [4.78, 5) is 46.5. The summed E-state index contributed by atoms with van der Waals surface area (Å²) in [6, 6.07) is 0. The SMILES string of the molecule is CC(=O)OC(COC(=O)/C=C\C(=O)OCC(CC(F)(F)C(F)(F)C(F)(F)C(F)(F)C(F)(F)C(F)(F)C(F)(F)C(F)(F)C(F)(F)C(F)(F)C(F)(F)C(F)(F)F)OC(C)=O)CC(F)(F)C(F)(F)C(F)(F)C(F)(F)C(F)(F)C(F)(F)C(F)(F)C(F)(F)C(F)(F)C(F)(F)C(F)(F)C(F)(F)F. The monoisotopic (exact) mass is 1550 g/mol. The maximum absolute atomic E-state index is 14.7. The van der Waals surface area contributed by atoms with Crippen molar-refractivity contribution in [2.24, 2.45) is 0 Å². The van der Waals surface area contributed by atoms with Crippen LogP contribution in [-0.2, 0) is 38.1 Å². The van der Waals surface area contributed by atoms with Gasteiger partial charge in [-0.1, -0.05) is 0 Å². The lowest BCUT2D eigenvalue weighted by molar-refractivity contribution is -0.482. The van der Waals surface area contributed by atoms with Gasteiger partial charge in [0.15, 0.2) is 0 Å². The number of carbonyl (C=O) groups excluding carboxylic acids is 4. The number of ether oxygens (including phenoxy) is 4. The van der Waals surface area contributed by atoms with Gasteiger partial charge >= 0.3 is 167 Å². The van der Waals surface area contributed by atoms with E-state index >= 15 is 0 Å². The van der Waals surface area contributed by atoms with Crippen LogP contribution in [0.5, 0.6) is 0 Å². The van der Waals surface area contributed by atoms with Crippen LogP contribution in [0, 0.1) is 0 Å². The smallest absolute Gasteiger partial charge is 0.459 e. The molecule has 0 fully saturated rings. The van der Waals surface area contributed by atoms with Gasteiger partial charge in [0.05, 0.1) is 12.8 Å². The van der Waals surface area contributed by atoms with Crippen molar-refractivity contribution in [2.75, 3.05) is 13.2 Å². The Balaban J connectivity index is 7.03. The lowest BCUT2D eigenvalue weighted by Crippen LogP contribution is -2.78. The molecule has 8 nitrogen and oxygen atoms in total. The van der Waals surface area contributed by atoms with E-state index in [2.05, 4.69) is 18.9 Å². The van der Waals surface area contributed by atoms with Crippen LogP contribution >= 0.6 is 0 Å². The third-order valence-corrected chi connectivity index (χ3v) is 11.5. The number of hydrogen-bond donors (Lipinski definition) is 0. The highest BCUT2D eigenvalue weighted by molar-refractivity contribution is 5.91. The number of rotatable bonds is 32. The van der Waals surface area contributed by atoms with Gasteiger partial charge in [-0.25, -0.2) is 9.59 Å². The minimum Gasteiger partial charge on any atom is -0.459 e. The molecule has 0 N–H and O–H groups in total. The fraction of sp³-hybridized carbons (Fsp3) is 0.842. The zero-order valence-electron chi connectivity index (χ0n) is 43.3. The van der Waals surface area contributed by atoms with E-state index in [1.54, 1.807) is 0 Å². The van der Waals surface area contributed by atoms with Gasteiger partial charge < -0.3 is 18.9 Å². The zero-order chi connectivity index (χ0) is 78.5. The second-order valence-electron chi connectivity index (χ2n) is 18.4. The van der Waals surface area contributed by atoms with Gasteiger partial charge in [-0.05, 0) is 0 Å². The summed E-state index contributed by atoms with van der Waals surface area (Å²) in [7, 11) is 0. The van der Waals surface area contributed by atoms with Crippen LogP contribution in [0.4, 0.5) is 220 Å². The maximum atomic E-state index is 14.7. The second kappa shape index (κ2) is 25.1. The molecule has 96 heavy (non-hydrogen) atoms. The summed E-state index contributed by atoms with van der Waals surface area (Å²) in [6.45, 7) is -5.76. The summed E-state index contributed by atoms with van der Waals surface area (Å²) in [5.74, 6) is -218. The molecule has 0 spiro atoms. The largest absolute Gasteiger partial charge is 0.460 e. The summed E-state index contributed by atoms with van der Waals surface area (Å²) in [6.07, 6.45) is -34.2. The van der Waals surface area contributed by atoms with Crippen LogP contribution in [-0.4, -0.2) is 192 Å². The minimum atomic E-state index is -10.0. The highest BCUT2D eigenvalue weighted by Gasteiger charge is 3.02. The first-order chi connectivity index (χ1) is 41.1. The summed E-state index contributed by atoms with van der Waals surface area (Å²) in [5.41, 5.74) is 0. The van der Waals surface area contributed by atoms with Crippen molar-refractivity contribution >= 4 is 23.9 Å². The Morgan fingerprint density at radius 3 is 0.510 bits per heavy atom. The third-order valence-electron chi connectivity index (χ3n) is 11.5. The predicted molar refractivity (Wildman–Crippen MR) is 192 cm³/mol. The first-order valence-electron chi connectivity index (χ1n) is 21.9. The lowest BCUT2D eigenvalue weighted by atomic mass is 9.84. The molecular formula is C38H18F50O8. The van der Waals surface area contributed by atoms with Crippen LogP contribution < -0.4 is 0 Å².